The summed E-state index contributed by atoms with van der Waals surface area (Å²) < 4.78 is 15.3. The molecule has 2 aromatic carbocycles. The maximum Gasteiger partial charge on any atom is 0.310 e. The number of hydrogen-bond donors (Lipinski definition) is 5. The fourth-order valence-electron chi connectivity index (χ4n) is 10.2. The van der Waals surface area contributed by atoms with Crippen LogP contribution < -0.4 is 21.3 Å². The number of nitrogens with zero attached hydrogens (tertiary/aromatic N) is 4. The van der Waals surface area contributed by atoms with E-state index in [-0.39, 0.29) is 74.0 Å². The van der Waals surface area contributed by atoms with Crippen LogP contribution in [-0.4, -0.2) is 178 Å². The summed E-state index contributed by atoms with van der Waals surface area (Å²) >= 11 is 0. The van der Waals surface area contributed by atoms with Gasteiger partial charge in [0.1, 0.15) is 36.3 Å². The number of rotatable bonds is 10. The Balaban J connectivity index is 0.000000212. The van der Waals surface area contributed by atoms with Gasteiger partial charge in [-0.15, -0.1) is 0 Å². The number of hydrogen-bond acceptors (Lipinski definition) is 14. The van der Waals surface area contributed by atoms with E-state index in [2.05, 4.69) is 21.3 Å². The molecule has 22 heteroatoms. The molecule has 6 heterocycles. The number of carbonyl (C=O) groups is 10. The number of benzene rings is 2. The van der Waals surface area contributed by atoms with E-state index >= 15 is 0 Å². The van der Waals surface area contributed by atoms with Gasteiger partial charge >= 0.3 is 11.9 Å². The largest absolute Gasteiger partial charge is 0.434 e. The van der Waals surface area contributed by atoms with E-state index in [4.69, 9.17) is 14.2 Å². The number of amides is 8. The molecule has 8 rings (SSSR count). The van der Waals surface area contributed by atoms with Crippen molar-refractivity contribution in [2.24, 2.45) is 0 Å². The van der Waals surface area contributed by atoms with E-state index in [1.165, 1.54) is 28.5 Å². The van der Waals surface area contributed by atoms with Crippen LogP contribution in [0.2, 0.25) is 0 Å². The van der Waals surface area contributed by atoms with Crippen molar-refractivity contribution >= 4 is 59.2 Å². The Morgan fingerprint density at radius 3 is 1.42 bits per heavy atom. The first-order chi connectivity index (χ1) is 34.5. The van der Waals surface area contributed by atoms with Gasteiger partial charge in [-0.1, -0.05) is 62.1 Å². The van der Waals surface area contributed by atoms with Crippen molar-refractivity contribution in [2.75, 3.05) is 32.8 Å². The van der Waals surface area contributed by atoms with Crippen LogP contribution in [-0.2, 0) is 52.6 Å². The van der Waals surface area contributed by atoms with Crippen LogP contribution in [0.25, 0.3) is 0 Å². The molecule has 6 saturated heterocycles. The Bertz CT molecular complexity index is 2360. The van der Waals surface area contributed by atoms with E-state index in [9.17, 15) is 53.1 Å². The molecule has 0 aromatic heterocycles. The SMILES string of the molecule is CC(=O)N1C[C@@H]2CCCC[C@H](NC(=O)c3ccccc3)C(=O)N2[C@H](C(=O)N[C@H]2CC(=O)OC2O)C1.CCOC1OC(=O)CC1NC(=O)[C@@H]1CN(C(C)=O)C[C@@H]2CCCC[C@H](NC(=O)c3ccccc3)C(=O)N21. The number of esters is 2. The quantitative estimate of drug-likeness (QED) is 0.198. The minimum Gasteiger partial charge on any atom is -0.434 e. The van der Waals surface area contributed by atoms with Crippen LogP contribution >= 0.6 is 0 Å². The Morgan fingerprint density at radius 2 is 1.00 bits per heavy atom. The average molecular weight is 1000 g/mol. The number of cyclic esters (lactones) is 2. The first-order valence-corrected chi connectivity index (χ1v) is 24.7. The predicted octanol–water partition coefficient (Wildman–Crippen LogP) is 0.118. The number of carbonyl (C=O) groups excluding carboxylic acids is 10. The Morgan fingerprint density at radius 1 is 0.583 bits per heavy atom. The average Bonchev–Trinajstić information content (AvgIpc) is 3.88. The molecule has 6 fully saturated rings. The van der Waals surface area contributed by atoms with Gasteiger partial charge in [0.25, 0.3) is 11.8 Å². The van der Waals surface area contributed by atoms with E-state index in [1.807, 2.05) is 0 Å². The number of ether oxygens (including phenoxy) is 3. The molecule has 6 aliphatic heterocycles. The molecule has 8 amide bonds. The van der Waals surface area contributed by atoms with Gasteiger partial charge in [-0.25, -0.2) is 0 Å². The molecule has 72 heavy (non-hydrogen) atoms. The highest BCUT2D eigenvalue weighted by Crippen LogP contribution is 2.29. The summed E-state index contributed by atoms with van der Waals surface area (Å²) in [5.41, 5.74) is 0.868. The molecule has 10 atom stereocenters. The highest BCUT2D eigenvalue weighted by atomic mass is 16.7. The summed E-state index contributed by atoms with van der Waals surface area (Å²) in [5, 5.41) is 21.0. The molecule has 388 valence electrons. The summed E-state index contributed by atoms with van der Waals surface area (Å²) in [6.45, 7) is 5.49. The molecule has 0 aliphatic carbocycles. The fourth-order valence-corrected chi connectivity index (χ4v) is 10.2. The smallest absolute Gasteiger partial charge is 0.310 e. The van der Waals surface area contributed by atoms with Gasteiger partial charge in [0.05, 0.1) is 38.0 Å². The molecule has 5 N–H and O–H groups in total. The maximum absolute atomic E-state index is 13.9. The number of aliphatic hydroxyl groups is 1. The van der Waals surface area contributed by atoms with Gasteiger partial charge in [0.2, 0.25) is 48.0 Å². The third-order valence-electron chi connectivity index (χ3n) is 13.9. The molecule has 22 nitrogen and oxygen atoms in total. The van der Waals surface area contributed by atoms with Crippen molar-refractivity contribution in [1.29, 1.82) is 0 Å². The zero-order chi connectivity index (χ0) is 51.6. The van der Waals surface area contributed by atoms with E-state index in [1.54, 1.807) is 72.5 Å². The minimum atomic E-state index is -1.48. The van der Waals surface area contributed by atoms with Crippen molar-refractivity contribution in [3.8, 4) is 0 Å². The van der Waals surface area contributed by atoms with Crippen molar-refractivity contribution < 1.29 is 67.3 Å². The summed E-state index contributed by atoms with van der Waals surface area (Å²) in [6.07, 6.45) is 2.46. The molecular weight excluding hydrogens is 937 g/mol. The Kier molecular flexibility index (Phi) is 17.6. The highest BCUT2D eigenvalue weighted by molar-refractivity contribution is 6.00. The molecular formula is C50H64N8O14. The van der Waals surface area contributed by atoms with Gasteiger partial charge in [-0.2, -0.15) is 0 Å². The number of aliphatic hydroxyl groups excluding tert-OH is 1. The first-order valence-electron chi connectivity index (χ1n) is 24.7. The molecule has 0 spiro atoms. The summed E-state index contributed by atoms with van der Waals surface area (Å²) in [6, 6.07) is 11.1. The number of fused-ring (bicyclic) bond motifs is 2. The topological polar surface area (TPSA) is 280 Å². The molecule has 3 unspecified atom stereocenters. The van der Waals surface area contributed by atoms with E-state index < -0.39 is 78.6 Å². The van der Waals surface area contributed by atoms with Gasteiger partial charge in [-0.05, 0) is 56.9 Å². The Hall–Kier alpha value is -6.94. The van der Waals surface area contributed by atoms with Crippen LogP contribution in [0, 0.1) is 0 Å². The standard InChI is InChI=1S/C26H34N4O7.C24H30N4O7/c1-3-36-26-20(13-22(32)37-26)28-24(34)21-15-29(16(2)31)14-18-11-7-8-12-19(25(35)30(18)21)27-23(33)17-9-5-4-6-10-17;1-14(29)27-12-16-9-5-6-10-17(25-21(31)15-7-3-2-4-8-15)23(33)28(16)19(13-27)22(32)26-18-11-20(30)35-24(18)34/h4-6,9-10,18-21,26H,3,7-8,11-15H2,1-2H3,(H,27,33)(H,28,34);2-4,7-8,16-19,24,34H,5-6,9-13H2,1H3,(H,25,31)(H,26,32)/t18-,19-,20?,21-,26?;16-,17-,18-,19-,24?/m00/s1. The minimum absolute atomic E-state index is 0.0174. The third kappa shape index (κ3) is 12.7. The van der Waals surface area contributed by atoms with Gasteiger partial charge in [0, 0.05) is 44.7 Å². The lowest BCUT2D eigenvalue weighted by molar-refractivity contribution is -0.165. The van der Waals surface area contributed by atoms with Crippen LogP contribution in [0.4, 0.5) is 0 Å². The van der Waals surface area contributed by atoms with E-state index in [0.717, 1.165) is 19.3 Å². The fraction of sp³-hybridized carbons (Fsp3) is 0.560. The first kappa shape index (κ1) is 52.9. The van der Waals surface area contributed by atoms with Crippen LogP contribution in [0.3, 0.4) is 0 Å². The molecule has 0 radical (unpaired) electrons. The second kappa shape index (κ2) is 24.0. The van der Waals surface area contributed by atoms with Crippen LogP contribution in [0.1, 0.15) is 106 Å². The second-order valence-corrected chi connectivity index (χ2v) is 18.9. The highest BCUT2D eigenvalue weighted by Gasteiger charge is 2.48. The number of piperazine rings is 2. The predicted molar refractivity (Wildman–Crippen MR) is 252 cm³/mol. The van der Waals surface area contributed by atoms with Gasteiger partial charge in [-0.3, -0.25) is 47.9 Å². The summed E-state index contributed by atoms with van der Waals surface area (Å²) in [4.78, 5) is 134. The molecule has 2 aromatic rings. The van der Waals surface area contributed by atoms with Crippen molar-refractivity contribution in [1.82, 2.24) is 40.9 Å². The normalized spacial score (nSPS) is 28.4. The molecule has 0 saturated carbocycles. The molecule has 0 bridgehead atoms. The van der Waals surface area contributed by atoms with Gasteiger partial charge in [0.15, 0.2) is 0 Å². The lowest BCUT2D eigenvalue weighted by Crippen LogP contribution is -2.68. The molecule has 6 aliphatic rings. The van der Waals surface area contributed by atoms with Crippen molar-refractivity contribution in [2.45, 2.75) is 146 Å². The van der Waals surface area contributed by atoms with Crippen molar-refractivity contribution in [3.05, 3.63) is 71.8 Å². The monoisotopic (exact) mass is 1000 g/mol. The zero-order valence-corrected chi connectivity index (χ0v) is 40.7. The number of nitrogens with one attached hydrogen (secondary N) is 4. The maximum atomic E-state index is 13.9. The van der Waals surface area contributed by atoms with Crippen molar-refractivity contribution in [3.63, 3.8) is 0 Å². The summed E-state index contributed by atoms with van der Waals surface area (Å²) in [7, 11) is 0. The lowest BCUT2D eigenvalue weighted by Gasteiger charge is -2.48. The lowest BCUT2D eigenvalue weighted by atomic mass is 9.93. The third-order valence-corrected chi connectivity index (χ3v) is 13.9. The van der Waals surface area contributed by atoms with Gasteiger partial charge < -0.3 is 60.2 Å². The zero-order valence-electron chi connectivity index (χ0n) is 40.7. The van der Waals surface area contributed by atoms with Crippen LogP contribution in [0.15, 0.2) is 60.7 Å². The second-order valence-electron chi connectivity index (χ2n) is 18.9. The van der Waals surface area contributed by atoms with E-state index in [0.29, 0.717) is 56.4 Å². The Labute approximate surface area is 416 Å². The summed E-state index contributed by atoms with van der Waals surface area (Å²) in [5.74, 6) is -4.09. The van der Waals surface area contributed by atoms with Crippen LogP contribution in [0.5, 0.6) is 0 Å².